The van der Waals surface area contributed by atoms with Crippen LogP contribution in [0.15, 0.2) is 36.4 Å². The molecule has 4 aliphatic heterocycles. The van der Waals surface area contributed by atoms with Gasteiger partial charge in [0.15, 0.2) is 6.29 Å². The minimum atomic E-state index is -3.96. The number of carbonyl (C=O) groups is 1. The largest absolute Gasteiger partial charge is 0.487 e. The molecule has 5 atom stereocenters. The maximum Gasteiger partial charge on any atom is 0.272 e. The number of ether oxygens (including phenoxy) is 3. The lowest BCUT2D eigenvalue weighted by atomic mass is 9.65. The number of likely N-dealkylation sites (tertiary alicyclic amines) is 1. The van der Waals surface area contributed by atoms with Crippen LogP contribution >= 0.6 is 11.6 Å². The van der Waals surface area contributed by atoms with Crippen LogP contribution in [0.5, 0.6) is 5.75 Å². The van der Waals surface area contributed by atoms with Crippen molar-refractivity contribution in [3.63, 3.8) is 0 Å². The van der Waals surface area contributed by atoms with E-state index in [0.29, 0.717) is 48.8 Å². The Morgan fingerprint density at radius 3 is 2.43 bits per heavy atom. The van der Waals surface area contributed by atoms with Gasteiger partial charge in [0.2, 0.25) is 10.0 Å². The van der Waals surface area contributed by atoms with Crippen molar-refractivity contribution in [1.29, 1.82) is 0 Å². The van der Waals surface area contributed by atoms with Crippen LogP contribution in [0.2, 0.25) is 5.02 Å². The van der Waals surface area contributed by atoms with Gasteiger partial charge in [-0.05, 0) is 111 Å². The number of benzene rings is 2. The minimum Gasteiger partial charge on any atom is -0.487 e. The Kier molecular flexibility index (Phi) is 10.9. The highest BCUT2D eigenvalue weighted by atomic mass is 35.5. The van der Waals surface area contributed by atoms with E-state index >= 15 is 0 Å². The van der Waals surface area contributed by atoms with Crippen molar-refractivity contribution in [2.45, 2.75) is 95.3 Å². The summed E-state index contributed by atoms with van der Waals surface area (Å²) >= 11 is 6.37. The molecule has 1 aliphatic carbocycles. The number of aryl methyl sites for hydroxylation is 1. The number of alkyl halides is 2. The van der Waals surface area contributed by atoms with E-state index in [9.17, 15) is 22.0 Å². The van der Waals surface area contributed by atoms with E-state index in [2.05, 4.69) is 9.62 Å². The second-order valence-corrected chi connectivity index (χ2v) is 18.0. The molecule has 0 spiro atoms. The van der Waals surface area contributed by atoms with Gasteiger partial charge in [0.05, 0.1) is 43.3 Å². The fourth-order valence-corrected chi connectivity index (χ4v) is 10.1. The van der Waals surface area contributed by atoms with Crippen molar-refractivity contribution in [3.05, 3.63) is 58.1 Å². The fraction of sp³-hybridized carbons (Fsp3) is 0.658. The summed E-state index contributed by atoms with van der Waals surface area (Å²) in [6, 6.07) is 10.9. The zero-order valence-corrected chi connectivity index (χ0v) is 31.1. The molecule has 3 fully saturated rings. The van der Waals surface area contributed by atoms with Gasteiger partial charge in [0.1, 0.15) is 12.4 Å². The highest BCUT2D eigenvalue weighted by Crippen LogP contribution is 2.47. The number of hydrogen-bond donors (Lipinski definition) is 1. The number of amides is 1. The highest BCUT2D eigenvalue weighted by Gasteiger charge is 2.49. The minimum absolute atomic E-state index is 0.0829. The third kappa shape index (κ3) is 8.20. The maximum atomic E-state index is 13.6. The predicted octanol–water partition coefficient (Wildman–Crippen LogP) is 6.66. The third-order valence-electron chi connectivity index (χ3n) is 12.1. The summed E-state index contributed by atoms with van der Waals surface area (Å²) < 4.78 is 75.7. The number of nitrogens with one attached hydrogen (secondary N) is 1. The van der Waals surface area contributed by atoms with Crippen molar-refractivity contribution < 1.29 is 36.2 Å². The Balaban J connectivity index is 1.18. The molecular formula is C38H50ClF2N3O6S. The first kappa shape index (κ1) is 36.8. The van der Waals surface area contributed by atoms with E-state index < -0.39 is 33.4 Å². The number of fused-ring (bicyclic) bond motifs is 3. The molecule has 9 nitrogen and oxygen atoms in total. The number of carbonyl (C=O) groups excluding carboxylic acids is 1. The van der Waals surface area contributed by atoms with Crippen LogP contribution in [0.4, 0.5) is 14.5 Å². The molecule has 7 rings (SSSR count). The molecule has 0 unspecified atom stereocenters. The molecule has 13 heteroatoms. The third-order valence-corrected chi connectivity index (χ3v) is 14.2. The number of anilines is 1. The summed E-state index contributed by atoms with van der Waals surface area (Å²) in [5, 5.41) is -0.0892. The van der Waals surface area contributed by atoms with E-state index in [0.717, 1.165) is 74.8 Å². The first-order chi connectivity index (χ1) is 24.4. The van der Waals surface area contributed by atoms with E-state index in [1.165, 1.54) is 0 Å². The standard InChI is InChI=1S/C38H50ClF2N3O6S/c1-24-6-5-8-33(37-49-20-31(21-50-37)44-22-38(40,41)23-44)32-13-10-28(32)18-43-15-4-3-7-26-16-30(39)12-9-29(26)19-48-35-14-11-27(17-34(35)43)36(45)42-51(46,47)25(24)2/h9,11-12,14,16-17,24-25,28,31-33,37H,3-8,10,13,15,18-23H2,1-2H3,(H,42,45)/t24-,25+,28-,31?,32+,33+,37?/m0/s1. The lowest BCUT2D eigenvalue weighted by molar-refractivity contribution is -0.260. The summed E-state index contributed by atoms with van der Waals surface area (Å²) in [5.74, 6) is -2.12. The average Bonchev–Trinajstić information content (AvgIpc) is 3.10. The van der Waals surface area contributed by atoms with E-state index in [4.69, 9.17) is 25.8 Å². The van der Waals surface area contributed by atoms with Crippen molar-refractivity contribution in [3.8, 4) is 5.75 Å². The monoisotopic (exact) mass is 749 g/mol. The molecule has 5 aliphatic rings. The molecule has 2 saturated heterocycles. The first-order valence-electron chi connectivity index (χ1n) is 18.6. The summed E-state index contributed by atoms with van der Waals surface area (Å²) in [6.07, 6.45) is 6.57. The Bertz CT molecular complexity index is 1680. The lowest BCUT2D eigenvalue weighted by Gasteiger charge is -2.50. The molecule has 0 radical (unpaired) electrons. The second kappa shape index (κ2) is 15.1. The Morgan fingerprint density at radius 1 is 0.922 bits per heavy atom. The smallest absolute Gasteiger partial charge is 0.272 e. The summed E-state index contributed by atoms with van der Waals surface area (Å²) in [6.45, 7) is 5.58. The number of sulfonamides is 1. The van der Waals surface area contributed by atoms with Crippen molar-refractivity contribution in [2.24, 2.45) is 23.7 Å². The Morgan fingerprint density at radius 2 is 1.71 bits per heavy atom. The van der Waals surface area contributed by atoms with E-state index in [1.54, 1.807) is 30.0 Å². The number of hydrogen-bond acceptors (Lipinski definition) is 8. The summed E-state index contributed by atoms with van der Waals surface area (Å²) in [5.41, 5.74) is 3.25. The fourth-order valence-electron chi connectivity index (χ4n) is 8.57. The molecule has 1 amide bonds. The van der Waals surface area contributed by atoms with Gasteiger partial charge >= 0.3 is 0 Å². The molecule has 280 valence electrons. The van der Waals surface area contributed by atoms with Crippen LogP contribution in [0, 0.1) is 23.7 Å². The van der Waals surface area contributed by atoms with Crippen molar-refractivity contribution in [2.75, 3.05) is 44.3 Å². The average molecular weight is 750 g/mol. The van der Waals surface area contributed by atoms with Gasteiger partial charge in [-0.1, -0.05) is 31.0 Å². The molecule has 2 aromatic carbocycles. The van der Waals surface area contributed by atoms with Crippen molar-refractivity contribution in [1.82, 2.24) is 9.62 Å². The molecule has 4 heterocycles. The van der Waals surface area contributed by atoms with Gasteiger partial charge in [-0.15, -0.1) is 0 Å². The van der Waals surface area contributed by atoms with Gasteiger partial charge in [0, 0.05) is 29.6 Å². The van der Waals surface area contributed by atoms with Crippen LogP contribution < -0.4 is 14.4 Å². The number of nitrogens with zero attached hydrogens (tertiary/aromatic N) is 2. The number of halogens is 3. The zero-order valence-electron chi connectivity index (χ0n) is 29.5. The molecule has 51 heavy (non-hydrogen) atoms. The SMILES string of the molecule is C[C@@H]1[C@@H](C)CCC[C@@H](C2OCC(N3CC(F)(F)C3)CO2)[C@@H]2CC[C@H]2CN2CCCCc3cc(Cl)ccc3COc3ccc(cc32)C(=O)NS1(=O)=O. The highest BCUT2D eigenvalue weighted by molar-refractivity contribution is 7.90. The normalized spacial score (nSPS) is 33.2. The molecule has 2 aromatic rings. The van der Waals surface area contributed by atoms with Gasteiger partial charge < -0.3 is 19.1 Å². The molecular weight excluding hydrogens is 700 g/mol. The van der Waals surface area contributed by atoms with Crippen LogP contribution in [0.1, 0.15) is 80.3 Å². The molecule has 1 saturated carbocycles. The number of rotatable bonds is 2. The van der Waals surface area contributed by atoms with E-state index in [-0.39, 0.29) is 36.5 Å². The summed E-state index contributed by atoms with van der Waals surface area (Å²) in [4.78, 5) is 17.6. The molecule has 2 bridgehead atoms. The van der Waals surface area contributed by atoms with Crippen LogP contribution in [0.3, 0.4) is 0 Å². The van der Waals surface area contributed by atoms with Gasteiger partial charge in [-0.2, -0.15) is 0 Å². The molecule has 0 aromatic heterocycles. The Labute approximate surface area is 305 Å². The Hall–Kier alpha value is -2.51. The topological polar surface area (TPSA) is 97.4 Å². The van der Waals surface area contributed by atoms with Crippen LogP contribution in [-0.2, 0) is 32.5 Å². The van der Waals surface area contributed by atoms with Gasteiger partial charge in [-0.25, -0.2) is 21.9 Å². The zero-order chi connectivity index (χ0) is 35.9. The lowest BCUT2D eigenvalue weighted by Crippen LogP contribution is -2.63. The van der Waals surface area contributed by atoms with Gasteiger partial charge in [-0.3, -0.25) is 9.69 Å². The van der Waals surface area contributed by atoms with Crippen LogP contribution in [0.25, 0.3) is 0 Å². The van der Waals surface area contributed by atoms with Crippen LogP contribution in [-0.4, -0.2) is 82.1 Å². The first-order valence-corrected chi connectivity index (χ1v) is 20.5. The van der Waals surface area contributed by atoms with Crippen molar-refractivity contribution >= 4 is 33.2 Å². The van der Waals surface area contributed by atoms with E-state index in [1.807, 2.05) is 25.1 Å². The maximum absolute atomic E-state index is 13.6. The predicted molar refractivity (Wildman–Crippen MR) is 192 cm³/mol. The quantitative estimate of drug-likeness (QED) is 0.364. The van der Waals surface area contributed by atoms with Gasteiger partial charge in [0.25, 0.3) is 11.8 Å². The second-order valence-electron chi connectivity index (χ2n) is 15.5. The molecule has 1 N–H and O–H groups in total. The summed E-state index contributed by atoms with van der Waals surface area (Å²) in [7, 11) is -3.96.